The third-order valence-corrected chi connectivity index (χ3v) is 3.68. The van der Waals surface area contributed by atoms with Crippen LogP contribution in [-0.4, -0.2) is 36.6 Å². The molecule has 0 aliphatic carbocycles. The number of rotatable bonds is 7. The number of esters is 1. The first-order valence-corrected chi connectivity index (χ1v) is 6.64. The van der Waals surface area contributed by atoms with Crippen LogP contribution in [0.5, 0.6) is 0 Å². The zero-order valence-electron chi connectivity index (χ0n) is 12.9. The van der Waals surface area contributed by atoms with Gasteiger partial charge in [0.05, 0.1) is 5.54 Å². The zero-order chi connectivity index (χ0) is 15.2. The van der Waals surface area contributed by atoms with Gasteiger partial charge in [-0.05, 0) is 33.0 Å². The normalized spacial score (nSPS) is 14.5. The molecule has 0 saturated carbocycles. The van der Waals surface area contributed by atoms with Crippen LogP contribution in [0.4, 0.5) is 0 Å². The van der Waals surface area contributed by atoms with E-state index in [1.54, 1.807) is 0 Å². The Labute approximate surface area is 133 Å². The van der Waals surface area contributed by atoms with Gasteiger partial charge < -0.3 is 4.74 Å². The average Bonchev–Trinajstić information content (AvgIpc) is 2.45. The van der Waals surface area contributed by atoms with Crippen LogP contribution in [0.15, 0.2) is 55.6 Å². The Kier molecular flexibility index (Phi) is 8.00. The number of likely N-dealkylation sites (N-methyl/N-ethyl adjacent to an activating group) is 1. The van der Waals surface area contributed by atoms with Crippen LogP contribution in [0, 0.1) is 0 Å². The molecule has 0 bridgehead atoms. The van der Waals surface area contributed by atoms with E-state index in [0.29, 0.717) is 0 Å². The molecular formula is C17H24ClNO2. The lowest BCUT2D eigenvalue weighted by Gasteiger charge is -2.41. The summed E-state index contributed by atoms with van der Waals surface area (Å²) in [5, 5.41) is 0. The molecule has 0 N–H and O–H groups in total. The minimum atomic E-state index is -0.458. The number of hydrogen-bond donors (Lipinski definition) is 0. The van der Waals surface area contributed by atoms with Crippen molar-refractivity contribution in [2.45, 2.75) is 25.0 Å². The van der Waals surface area contributed by atoms with E-state index in [1.165, 1.54) is 11.6 Å². The van der Waals surface area contributed by atoms with Crippen LogP contribution in [0.25, 0.3) is 0 Å². The smallest absolute Gasteiger partial charge is 0.330 e. The molecule has 0 aliphatic heterocycles. The lowest BCUT2D eigenvalue weighted by Crippen LogP contribution is -2.54. The fourth-order valence-corrected chi connectivity index (χ4v) is 2.33. The van der Waals surface area contributed by atoms with Gasteiger partial charge in [0.2, 0.25) is 0 Å². The number of hydrogen-bond acceptors (Lipinski definition) is 3. The van der Waals surface area contributed by atoms with Crippen molar-refractivity contribution < 1.29 is 9.53 Å². The maximum Gasteiger partial charge on any atom is 0.330 e. The predicted octanol–water partition coefficient (Wildman–Crippen LogP) is 3.26. The molecule has 0 heterocycles. The van der Waals surface area contributed by atoms with Crippen LogP contribution in [-0.2, 0) is 16.0 Å². The number of benzene rings is 1. The molecule has 0 amide bonds. The van der Waals surface area contributed by atoms with Gasteiger partial charge in [0.25, 0.3) is 0 Å². The minimum Gasteiger partial charge on any atom is -0.457 e. The van der Waals surface area contributed by atoms with Gasteiger partial charge in [0.15, 0.2) is 0 Å². The van der Waals surface area contributed by atoms with Crippen molar-refractivity contribution in [3.63, 3.8) is 0 Å². The lowest BCUT2D eigenvalue weighted by molar-refractivity contribution is -0.147. The highest BCUT2D eigenvalue weighted by Crippen LogP contribution is 2.26. The highest BCUT2D eigenvalue weighted by Gasteiger charge is 2.38. The highest BCUT2D eigenvalue weighted by atomic mass is 35.5. The minimum absolute atomic E-state index is 0. The second-order valence-corrected chi connectivity index (χ2v) is 5.04. The Hall–Kier alpha value is -1.58. The lowest BCUT2D eigenvalue weighted by atomic mass is 9.84. The van der Waals surface area contributed by atoms with Crippen molar-refractivity contribution in [1.82, 2.24) is 4.90 Å². The molecule has 2 unspecified atom stereocenters. The predicted molar refractivity (Wildman–Crippen MR) is 89.8 cm³/mol. The molecule has 116 valence electrons. The van der Waals surface area contributed by atoms with Crippen molar-refractivity contribution >= 4 is 18.4 Å². The highest BCUT2D eigenvalue weighted by molar-refractivity contribution is 5.85. The second kappa shape index (κ2) is 8.65. The Morgan fingerprint density at radius 2 is 1.90 bits per heavy atom. The van der Waals surface area contributed by atoms with Gasteiger partial charge in [0.1, 0.15) is 6.10 Å². The molecule has 4 heteroatoms. The topological polar surface area (TPSA) is 29.5 Å². The van der Waals surface area contributed by atoms with Crippen LogP contribution in [0.3, 0.4) is 0 Å². The first-order chi connectivity index (χ1) is 9.46. The maximum absolute atomic E-state index is 11.5. The standard InChI is InChI=1S/C17H23NO2.ClH/c1-6-16(19)20-14(3)17(7-2,18(4)5)13-15-11-9-8-10-12-15;/h6-12,14H,1-2,13H2,3-5H3;1H. The Morgan fingerprint density at radius 1 is 1.33 bits per heavy atom. The van der Waals surface area contributed by atoms with Gasteiger partial charge in [-0.15, -0.1) is 19.0 Å². The summed E-state index contributed by atoms with van der Waals surface area (Å²) in [6.07, 6.45) is 3.42. The van der Waals surface area contributed by atoms with Crippen LogP contribution >= 0.6 is 12.4 Å². The summed E-state index contributed by atoms with van der Waals surface area (Å²) in [6, 6.07) is 10.1. The van der Waals surface area contributed by atoms with E-state index in [0.717, 1.165) is 6.42 Å². The Balaban J connectivity index is 0.00000400. The summed E-state index contributed by atoms with van der Waals surface area (Å²) in [5.41, 5.74) is 0.711. The van der Waals surface area contributed by atoms with Crippen LogP contribution < -0.4 is 0 Å². The number of nitrogens with zero attached hydrogens (tertiary/aromatic N) is 1. The molecule has 1 aromatic carbocycles. The summed E-state index contributed by atoms with van der Waals surface area (Å²) in [5.74, 6) is -0.418. The third kappa shape index (κ3) is 4.73. The van der Waals surface area contributed by atoms with E-state index in [9.17, 15) is 4.79 Å². The zero-order valence-corrected chi connectivity index (χ0v) is 13.7. The molecule has 3 nitrogen and oxygen atoms in total. The average molecular weight is 310 g/mol. The molecule has 0 saturated heterocycles. The molecule has 1 rings (SSSR count). The number of ether oxygens (including phenoxy) is 1. The summed E-state index contributed by atoms with van der Waals surface area (Å²) in [4.78, 5) is 13.5. The molecule has 2 atom stereocenters. The van der Waals surface area contributed by atoms with Gasteiger partial charge in [-0.1, -0.05) is 43.0 Å². The van der Waals surface area contributed by atoms with Gasteiger partial charge in [-0.3, -0.25) is 4.90 Å². The van der Waals surface area contributed by atoms with Crippen molar-refractivity contribution in [2.75, 3.05) is 14.1 Å². The molecule has 0 spiro atoms. The van der Waals surface area contributed by atoms with Crippen molar-refractivity contribution in [3.05, 3.63) is 61.2 Å². The molecule has 1 aromatic rings. The molecular weight excluding hydrogens is 286 g/mol. The molecule has 0 aromatic heterocycles. The summed E-state index contributed by atoms with van der Waals surface area (Å²) in [7, 11) is 3.92. The third-order valence-electron chi connectivity index (χ3n) is 3.68. The van der Waals surface area contributed by atoms with Gasteiger partial charge >= 0.3 is 5.97 Å². The van der Waals surface area contributed by atoms with Crippen molar-refractivity contribution in [3.8, 4) is 0 Å². The number of halogens is 1. The van der Waals surface area contributed by atoms with E-state index < -0.39 is 11.5 Å². The van der Waals surface area contributed by atoms with Crippen LogP contribution in [0.2, 0.25) is 0 Å². The fraction of sp³-hybridized carbons (Fsp3) is 0.353. The SMILES string of the molecule is C=CC(=O)OC(C)C(C=C)(Cc1ccccc1)N(C)C.Cl. The summed E-state index contributed by atoms with van der Waals surface area (Å²) in [6.45, 7) is 9.26. The van der Waals surface area contributed by atoms with E-state index in [4.69, 9.17) is 4.74 Å². The summed E-state index contributed by atoms with van der Waals surface area (Å²) >= 11 is 0. The van der Waals surface area contributed by atoms with E-state index in [2.05, 4.69) is 25.3 Å². The maximum atomic E-state index is 11.5. The second-order valence-electron chi connectivity index (χ2n) is 5.04. The van der Waals surface area contributed by atoms with Gasteiger partial charge in [-0.2, -0.15) is 0 Å². The molecule has 0 aliphatic rings. The number of carbonyl (C=O) groups excluding carboxylic acids is 1. The van der Waals surface area contributed by atoms with E-state index >= 15 is 0 Å². The van der Waals surface area contributed by atoms with Gasteiger partial charge in [-0.25, -0.2) is 4.79 Å². The monoisotopic (exact) mass is 309 g/mol. The first-order valence-electron chi connectivity index (χ1n) is 6.64. The molecule has 0 fully saturated rings. The van der Waals surface area contributed by atoms with E-state index in [1.807, 2.05) is 50.2 Å². The molecule has 0 radical (unpaired) electrons. The quantitative estimate of drug-likeness (QED) is 0.440. The van der Waals surface area contributed by atoms with Crippen LogP contribution in [0.1, 0.15) is 12.5 Å². The fourth-order valence-electron chi connectivity index (χ4n) is 2.33. The van der Waals surface area contributed by atoms with E-state index in [-0.39, 0.29) is 18.5 Å². The summed E-state index contributed by atoms with van der Waals surface area (Å²) < 4.78 is 5.42. The van der Waals surface area contributed by atoms with Crippen molar-refractivity contribution in [2.24, 2.45) is 0 Å². The number of carbonyl (C=O) groups is 1. The largest absolute Gasteiger partial charge is 0.457 e. The van der Waals surface area contributed by atoms with Gasteiger partial charge in [0, 0.05) is 6.08 Å². The first kappa shape index (κ1) is 19.4. The Morgan fingerprint density at radius 3 is 2.33 bits per heavy atom. The van der Waals surface area contributed by atoms with Crippen molar-refractivity contribution in [1.29, 1.82) is 0 Å². The molecule has 21 heavy (non-hydrogen) atoms. The Bertz CT molecular complexity index is 473.